The van der Waals surface area contributed by atoms with E-state index >= 15 is 0 Å². The van der Waals surface area contributed by atoms with Crippen molar-refractivity contribution in [3.05, 3.63) is 59.4 Å². The third-order valence-corrected chi connectivity index (χ3v) is 4.72. The van der Waals surface area contributed by atoms with Crippen LogP contribution in [0.15, 0.2) is 36.8 Å². The number of nitrogens with zero attached hydrogens (tertiary/aromatic N) is 5. The van der Waals surface area contributed by atoms with Gasteiger partial charge in [0.15, 0.2) is 5.82 Å². The minimum absolute atomic E-state index is 0.0306. The zero-order valence-electron chi connectivity index (χ0n) is 15.9. The van der Waals surface area contributed by atoms with Crippen LogP contribution in [0.25, 0.3) is 23.2 Å². The number of pyridine rings is 2. The van der Waals surface area contributed by atoms with E-state index in [2.05, 4.69) is 20.1 Å². The summed E-state index contributed by atoms with van der Waals surface area (Å²) in [5.41, 5.74) is 6.41. The highest BCUT2D eigenvalue weighted by Gasteiger charge is 2.35. The van der Waals surface area contributed by atoms with Crippen LogP contribution in [0.1, 0.15) is 41.4 Å². The van der Waals surface area contributed by atoms with Gasteiger partial charge < -0.3 is 5.73 Å². The molecule has 1 saturated carbocycles. The van der Waals surface area contributed by atoms with Crippen molar-refractivity contribution in [2.45, 2.75) is 31.9 Å². The number of primary amides is 1. The molecule has 154 valence electrons. The van der Waals surface area contributed by atoms with Crippen molar-refractivity contribution in [2.24, 2.45) is 5.73 Å². The number of hydrogen-bond donors (Lipinski definition) is 1. The lowest BCUT2D eigenvalue weighted by Crippen LogP contribution is -2.15. The maximum absolute atomic E-state index is 13.3. The average molecular weight is 414 g/mol. The number of alkyl halides is 3. The summed E-state index contributed by atoms with van der Waals surface area (Å²) < 4.78 is 41.0. The summed E-state index contributed by atoms with van der Waals surface area (Å²) in [6.45, 7) is 1.73. The van der Waals surface area contributed by atoms with Crippen LogP contribution in [-0.2, 0) is 11.0 Å². The molecule has 0 radical (unpaired) electrons. The number of amides is 1. The van der Waals surface area contributed by atoms with Crippen LogP contribution in [-0.4, -0.2) is 30.6 Å². The molecular formula is C20H17F3N6O. The Morgan fingerprint density at radius 2 is 2.03 bits per heavy atom. The van der Waals surface area contributed by atoms with Crippen LogP contribution in [0.5, 0.6) is 0 Å². The Bertz CT molecular complexity index is 1150. The summed E-state index contributed by atoms with van der Waals surface area (Å²) in [7, 11) is 0. The van der Waals surface area contributed by atoms with Gasteiger partial charge >= 0.3 is 6.18 Å². The van der Waals surface area contributed by atoms with Crippen LogP contribution < -0.4 is 5.73 Å². The van der Waals surface area contributed by atoms with E-state index in [1.54, 1.807) is 31.3 Å². The van der Waals surface area contributed by atoms with Gasteiger partial charge in [-0.15, -0.1) is 5.10 Å². The molecule has 4 rings (SSSR count). The largest absolute Gasteiger partial charge is 0.433 e. The lowest BCUT2D eigenvalue weighted by atomic mass is 10.1. The van der Waals surface area contributed by atoms with Gasteiger partial charge in [-0.25, -0.2) is 14.6 Å². The molecule has 0 saturated heterocycles. The molecule has 3 heterocycles. The minimum atomic E-state index is -4.57. The van der Waals surface area contributed by atoms with Crippen LogP contribution in [0.2, 0.25) is 0 Å². The molecule has 7 nitrogen and oxygen atoms in total. The fourth-order valence-electron chi connectivity index (χ4n) is 3.05. The Labute approximate surface area is 169 Å². The molecule has 3 aromatic heterocycles. The minimum Gasteiger partial charge on any atom is -0.366 e. The molecule has 0 bridgehead atoms. The summed E-state index contributed by atoms with van der Waals surface area (Å²) in [5, 5.41) is 4.21. The van der Waals surface area contributed by atoms with Crippen LogP contribution in [0.3, 0.4) is 0 Å². The summed E-state index contributed by atoms with van der Waals surface area (Å²) >= 11 is 0. The predicted molar refractivity (Wildman–Crippen MR) is 103 cm³/mol. The SMILES string of the molecule is Cc1ncccc1/C(=C\n1cnc(-c2cc(C3CC3)nc(C(F)(F)F)c2)n1)C(N)=O. The van der Waals surface area contributed by atoms with Gasteiger partial charge in [0.25, 0.3) is 5.91 Å². The van der Waals surface area contributed by atoms with Crippen molar-refractivity contribution in [3.8, 4) is 11.4 Å². The summed E-state index contributed by atoms with van der Waals surface area (Å²) in [6, 6.07) is 5.87. The van der Waals surface area contributed by atoms with Gasteiger partial charge in [0.1, 0.15) is 12.0 Å². The molecule has 10 heteroatoms. The first-order chi connectivity index (χ1) is 14.2. The van der Waals surface area contributed by atoms with Gasteiger partial charge in [0.2, 0.25) is 0 Å². The van der Waals surface area contributed by atoms with E-state index in [0.717, 1.165) is 18.9 Å². The normalized spacial score (nSPS) is 14.7. The molecule has 0 spiro atoms. The monoisotopic (exact) mass is 414 g/mol. The van der Waals surface area contributed by atoms with Crippen molar-refractivity contribution >= 4 is 17.7 Å². The molecule has 1 fully saturated rings. The number of halogens is 3. The van der Waals surface area contributed by atoms with Crippen LogP contribution in [0.4, 0.5) is 13.2 Å². The van der Waals surface area contributed by atoms with E-state index in [9.17, 15) is 18.0 Å². The molecule has 2 N–H and O–H groups in total. The number of aryl methyl sites for hydroxylation is 1. The number of aromatic nitrogens is 5. The van der Waals surface area contributed by atoms with Gasteiger partial charge in [0.05, 0.1) is 5.57 Å². The van der Waals surface area contributed by atoms with Crippen molar-refractivity contribution in [2.75, 3.05) is 0 Å². The van der Waals surface area contributed by atoms with E-state index in [4.69, 9.17) is 5.73 Å². The summed E-state index contributed by atoms with van der Waals surface area (Å²) in [6.07, 6.45) is 1.31. The summed E-state index contributed by atoms with van der Waals surface area (Å²) in [5.74, 6) is -0.571. The maximum Gasteiger partial charge on any atom is 0.433 e. The van der Waals surface area contributed by atoms with Gasteiger partial charge in [-0.2, -0.15) is 13.2 Å². The second kappa shape index (κ2) is 7.36. The lowest BCUT2D eigenvalue weighted by Gasteiger charge is -2.09. The van der Waals surface area contributed by atoms with Crippen LogP contribution in [0, 0.1) is 6.92 Å². The molecule has 0 aromatic carbocycles. The number of carbonyl (C=O) groups excluding carboxylic acids is 1. The van der Waals surface area contributed by atoms with Crippen molar-refractivity contribution in [1.29, 1.82) is 0 Å². The van der Waals surface area contributed by atoms with Crippen molar-refractivity contribution < 1.29 is 18.0 Å². The Balaban J connectivity index is 1.74. The third-order valence-electron chi connectivity index (χ3n) is 4.72. The quantitative estimate of drug-likeness (QED) is 0.645. The highest BCUT2D eigenvalue weighted by molar-refractivity contribution is 6.22. The Morgan fingerprint density at radius 3 is 2.67 bits per heavy atom. The highest BCUT2D eigenvalue weighted by atomic mass is 19.4. The second-order valence-electron chi connectivity index (χ2n) is 7.03. The van der Waals surface area contributed by atoms with E-state index < -0.39 is 17.8 Å². The fourth-order valence-corrected chi connectivity index (χ4v) is 3.05. The topological polar surface area (TPSA) is 99.6 Å². The molecule has 30 heavy (non-hydrogen) atoms. The van der Waals surface area contributed by atoms with Gasteiger partial charge in [0, 0.05) is 40.8 Å². The first-order valence-corrected chi connectivity index (χ1v) is 9.16. The maximum atomic E-state index is 13.3. The Hall–Kier alpha value is -3.56. The number of hydrogen-bond acceptors (Lipinski definition) is 5. The molecule has 0 unspecified atom stereocenters. The molecule has 1 aliphatic carbocycles. The number of carbonyl (C=O) groups is 1. The predicted octanol–water partition coefficient (Wildman–Crippen LogP) is 3.42. The first kappa shape index (κ1) is 19.7. The van der Waals surface area contributed by atoms with E-state index in [1.165, 1.54) is 17.2 Å². The second-order valence-corrected chi connectivity index (χ2v) is 7.03. The standard InChI is InChI=1S/C20H17F3N6O/c1-11-14(3-2-6-25-11)15(18(24)30)9-29-10-26-19(28-29)13-7-16(12-4-5-12)27-17(8-13)20(21,22)23/h2-3,6-10,12H,4-5H2,1H3,(H2,24,30)/b15-9+. The fraction of sp³-hybridized carbons (Fsp3) is 0.250. The highest BCUT2D eigenvalue weighted by Crippen LogP contribution is 2.41. The molecule has 3 aromatic rings. The Morgan fingerprint density at radius 1 is 1.27 bits per heavy atom. The van der Waals surface area contributed by atoms with E-state index in [0.29, 0.717) is 17.0 Å². The first-order valence-electron chi connectivity index (χ1n) is 9.16. The lowest BCUT2D eigenvalue weighted by molar-refractivity contribution is -0.141. The number of nitrogens with two attached hydrogens (primary N) is 1. The van der Waals surface area contributed by atoms with Crippen LogP contribution >= 0.6 is 0 Å². The number of rotatable bonds is 5. The molecular weight excluding hydrogens is 397 g/mol. The zero-order chi connectivity index (χ0) is 21.5. The zero-order valence-corrected chi connectivity index (χ0v) is 15.9. The van der Waals surface area contributed by atoms with Gasteiger partial charge in [-0.3, -0.25) is 9.78 Å². The van der Waals surface area contributed by atoms with Crippen molar-refractivity contribution in [1.82, 2.24) is 24.7 Å². The smallest absolute Gasteiger partial charge is 0.366 e. The molecule has 1 aliphatic rings. The summed E-state index contributed by atoms with van der Waals surface area (Å²) in [4.78, 5) is 23.9. The molecule has 0 aliphatic heterocycles. The van der Waals surface area contributed by atoms with E-state index in [1.807, 2.05) is 0 Å². The third kappa shape index (κ3) is 4.07. The van der Waals surface area contributed by atoms with Crippen molar-refractivity contribution in [3.63, 3.8) is 0 Å². The molecule has 0 atom stereocenters. The van der Waals surface area contributed by atoms with Gasteiger partial charge in [-0.05, 0) is 38.0 Å². The Kier molecular flexibility index (Phi) is 4.84. The molecule has 1 amide bonds. The average Bonchev–Trinajstić information content (AvgIpc) is 3.44. The van der Waals surface area contributed by atoms with E-state index in [-0.39, 0.29) is 22.9 Å². The van der Waals surface area contributed by atoms with Gasteiger partial charge in [-0.1, -0.05) is 6.07 Å².